The maximum atomic E-state index is 13.6. The Balaban J connectivity index is 1.47. The number of anilines is 1. The lowest BCUT2D eigenvalue weighted by Crippen LogP contribution is -2.36. The van der Waals surface area contributed by atoms with Crippen LogP contribution >= 0.6 is 0 Å². The number of aryl methyl sites for hydroxylation is 1. The van der Waals surface area contributed by atoms with Crippen LogP contribution < -0.4 is 10.5 Å². The minimum atomic E-state index is -0.223. The fourth-order valence-electron chi connectivity index (χ4n) is 4.41. The zero-order valence-electron chi connectivity index (χ0n) is 16.8. The van der Waals surface area contributed by atoms with Gasteiger partial charge in [-0.25, -0.2) is 9.37 Å². The summed E-state index contributed by atoms with van der Waals surface area (Å²) in [6.45, 7) is 6.58. The van der Waals surface area contributed by atoms with Crippen molar-refractivity contribution in [2.75, 3.05) is 18.0 Å². The number of aromatic nitrogens is 2. The van der Waals surface area contributed by atoms with E-state index in [2.05, 4.69) is 24.8 Å². The number of fused-ring (bicyclic) bond motifs is 2. The maximum Gasteiger partial charge on any atom is 0.261 e. The highest BCUT2D eigenvalue weighted by molar-refractivity contribution is 5.84. The molecule has 2 aromatic carbocycles. The van der Waals surface area contributed by atoms with E-state index in [1.54, 1.807) is 12.1 Å². The molecule has 29 heavy (non-hydrogen) atoms. The number of nitrogens with zero attached hydrogens (tertiary/aromatic N) is 3. The van der Waals surface area contributed by atoms with Crippen molar-refractivity contribution < 1.29 is 4.39 Å². The Morgan fingerprint density at radius 3 is 2.83 bits per heavy atom. The van der Waals surface area contributed by atoms with E-state index in [0.717, 1.165) is 48.5 Å². The smallest absolute Gasteiger partial charge is 0.261 e. The van der Waals surface area contributed by atoms with Crippen molar-refractivity contribution in [1.82, 2.24) is 9.55 Å². The summed E-state index contributed by atoms with van der Waals surface area (Å²) in [6, 6.07) is 12.6. The summed E-state index contributed by atoms with van der Waals surface area (Å²) in [4.78, 5) is 20.0. The van der Waals surface area contributed by atoms with Gasteiger partial charge in [-0.1, -0.05) is 32.1 Å². The van der Waals surface area contributed by atoms with E-state index in [-0.39, 0.29) is 16.8 Å². The number of hydrogen-bond acceptors (Lipinski definition) is 3. The standard InChI is InChI=1S/C24H24FN3O/c1-24(2)10-8-22-26-21-12-16(6-7-20(21)23(29)28(22)15-24)17-9-11-27(14-17)19-5-3-4-18(25)13-19/h3-7,9,12-13H,8,10-11,14-15H2,1-2H3. The highest BCUT2D eigenvalue weighted by atomic mass is 19.1. The minimum Gasteiger partial charge on any atom is -0.363 e. The van der Waals surface area contributed by atoms with Crippen molar-refractivity contribution in [3.8, 4) is 0 Å². The number of rotatable bonds is 2. The Morgan fingerprint density at radius 1 is 1.14 bits per heavy atom. The SMILES string of the molecule is CC1(C)CCc2nc3cc(C4=CCN(c5cccc(F)c5)C4)ccc3c(=O)n2C1. The summed E-state index contributed by atoms with van der Waals surface area (Å²) in [5.41, 5.74) is 4.09. The summed E-state index contributed by atoms with van der Waals surface area (Å²) in [5, 5.41) is 0.677. The van der Waals surface area contributed by atoms with Gasteiger partial charge in [0, 0.05) is 31.7 Å². The maximum absolute atomic E-state index is 13.6. The quantitative estimate of drug-likeness (QED) is 0.652. The van der Waals surface area contributed by atoms with Gasteiger partial charge in [-0.2, -0.15) is 0 Å². The minimum absolute atomic E-state index is 0.0612. The van der Waals surface area contributed by atoms with E-state index >= 15 is 0 Å². The molecule has 5 heteroatoms. The summed E-state index contributed by atoms with van der Waals surface area (Å²) < 4.78 is 15.4. The van der Waals surface area contributed by atoms with Crippen LogP contribution in [0.1, 0.15) is 31.7 Å². The monoisotopic (exact) mass is 389 g/mol. The second-order valence-corrected chi connectivity index (χ2v) is 8.91. The zero-order valence-corrected chi connectivity index (χ0v) is 16.8. The number of hydrogen-bond donors (Lipinski definition) is 0. The van der Waals surface area contributed by atoms with Crippen LogP contribution in [0.3, 0.4) is 0 Å². The predicted octanol–water partition coefficient (Wildman–Crippen LogP) is 4.41. The predicted molar refractivity (Wildman–Crippen MR) is 115 cm³/mol. The van der Waals surface area contributed by atoms with Gasteiger partial charge in [0.2, 0.25) is 0 Å². The van der Waals surface area contributed by atoms with E-state index in [1.165, 1.54) is 11.6 Å². The van der Waals surface area contributed by atoms with Crippen LogP contribution in [0, 0.1) is 11.2 Å². The van der Waals surface area contributed by atoms with Crippen LogP contribution in [0.5, 0.6) is 0 Å². The third-order valence-electron chi connectivity index (χ3n) is 6.11. The first kappa shape index (κ1) is 18.1. The first-order chi connectivity index (χ1) is 13.9. The first-order valence-corrected chi connectivity index (χ1v) is 10.1. The molecule has 148 valence electrons. The fraction of sp³-hybridized carbons (Fsp3) is 0.333. The van der Waals surface area contributed by atoms with Crippen LogP contribution in [0.15, 0.2) is 53.3 Å². The lowest BCUT2D eigenvalue weighted by molar-refractivity contribution is 0.240. The van der Waals surface area contributed by atoms with Gasteiger partial charge in [0.1, 0.15) is 11.6 Å². The van der Waals surface area contributed by atoms with Gasteiger partial charge in [-0.3, -0.25) is 9.36 Å². The van der Waals surface area contributed by atoms with Crippen molar-refractivity contribution in [1.29, 1.82) is 0 Å². The molecule has 0 saturated carbocycles. The van der Waals surface area contributed by atoms with Crippen LogP contribution in [0.2, 0.25) is 0 Å². The fourth-order valence-corrected chi connectivity index (χ4v) is 4.41. The molecule has 3 heterocycles. The van der Waals surface area contributed by atoms with Gasteiger partial charge >= 0.3 is 0 Å². The summed E-state index contributed by atoms with van der Waals surface area (Å²) in [7, 11) is 0. The van der Waals surface area contributed by atoms with Gasteiger partial charge in [-0.05, 0) is 53.3 Å². The van der Waals surface area contributed by atoms with Crippen molar-refractivity contribution in [2.24, 2.45) is 5.41 Å². The Bertz CT molecular complexity index is 1210. The molecule has 2 aliphatic rings. The highest BCUT2D eigenvalue weighted by Gasteiger charge is 2.27. The van der Waals surface area contributed by atoms with E-state index < -0.39 is 0 Å². The van der Waals surface area contributed by atoms with Crippen LogP contribution in [0.4, 0.5) is 10.1 Å². The van der Waals surface area contributed by atoms with Gasteiger partial charge in [0.15, 0.2) is 0 Å². The van der Waals surface area contributed by atoms with E-state index in [9.17, 15) is 9.18 Å². The molecular formula is C24H24FN3O. The third-order valence-corrected chi connectivity index (χ3v) is 6.11. The van der Waals surface area contributed by atoms with Gasteiger partial charge in [-0.15, -0.1) is 0 Å². The molecule has 1 aromatic heterocycles. The van der Waals surface area contributed by atoms with Crippen molar-refractivity contribution in [3.05, 3.63) is 76.1 Å². The van der Waals surface area contributed by atoms with Gasteiger partial charge < -0.3 is 4.90 Å². The molecule has 4 nitrogen and oxygen atoms in total. The lowest BCUT2D eigenvalue weighted by Gasteiger charge is -2.31. The second-order valence-electron chi connectivity index (χ2n) is 8.91. The normalized spacial score (nSPS) is 18.0. The van der Waals surface area contributed by atoms with Crippen LogP contribution in [0.25, 0.3) is 16.5 Å². The molecule has 0 saturated heterocycles. The number of halogens is 1. The van der Waals surface area contributed by atoms with E-state index in [1.807, 2.05) is 28.8 Å². The molecule has 0 amide bonds. The molecule has 0 bridgehead atoms. The van der Waals surface area contributed by atoms with Crippen LogP contribution in [-0.2, 0) is 13.0 Å². The molecular weight excluding hydrogens is 365 g/mol. The summed E-state index contributed by atoms with van der Waals surface area (Å²) >= 11 is 0. The molecule has 2 aliphatic heterocycles. The molecule has 3 aromatic rings. The molecule has 0 aliphatic carbocycles. The molecule has 0 spiro atoms. The summed E-state index contributed by atoms with van der Waals surface area (Å²) in [6.07, 6.45) is 4.04. The second kappa shape index (κ2) is 6.55. The lowest BCUT2D eigenvalue weighted by atomic mass is 9.85. The van der Waals surface area contributed by atoms with Crippen molar-refractivity contribution in [2.45, 2.75) is 33.2 Å². The van der Waals surface area contributed by atoms with E-state index in [4.69, 9.17) is 4.98 Å². The van der Waals surface area contributed by atoms with E-state index in [0.29, 0.717) is 11.9 Å². The topological polar surface area (TPSA) is 38.1 Å². The number of benzene rings is 2. The Morgan fingerprint density at radius 2 is 2.00 bits per heavy atom. The van der Waals surface area contributed by atoms with Crippen molar-refractivity contribution >= 4 is 22.2 Å². The Hall–Kier alpha value is -2.95. The highest BCUT2D eigenvalue weighted by Crippen LogP contribution is 2.31. The molecule has 0 radical (unpaired) electrons. The third kappa shape index (κ3) is 3.24. The average Bonchev–Trinajstić information content (AvgIpc) is 3.18. The van der Waals surface area contributed by atoms with Gasteiger partial charge in [0.25, 0.3) is 5.56 Å². The first-order valence-electron chi connectivity index (χ1n) is 10.1. The Kier molecular flexibility index (Phi) is 4.09. The molecule has 0 unspecified atom stereocenters. The molecule has 5 rings (SSSR count). The van der Waals surface area contributed by atoms with Crippen molar-refractivity contribution in [3.63, 3.8) is 0 Å². The molecule has 0 fully saturated rings. The zero-order chi connectivity index (χ0) is 20.2. The Labute approximate surface area is 169 Å². The molecule has 0 N–H and O–H groups in total. The molecule has 0 atom stereocenters. The van der Waals surface area contributed by atoms with Crippen LogP contribution in [-0.4, -0.2) is 22.6 Å². The average molecular weight is 389 g/mol. The summed E-state index contributed by atoms with van der Waals surface area (Å²) in [5.74, 6) is 0.667. The van der Waals surface area contributed by atoms with Gasteiger partial charge in [0.05, 0.1) is 10.9 Å². The largest absolute Gasteiger partial charge is 0.363 e.